The molecule has 1 aliphatic rings. The number of halogens is 1. The van der Waals surface area contributed by atoms with E-state index in [4.69, 9.17) is 21.4 Å². The Balaban J connectivity index is 2.36. The molecule has 1 N–H and O–H groups in total. The van der Waals surface area contributed by atoms with Crippen LogP contribution in [0.25, 0.3) is 0 Å². The van der Waals surface area contributed by atoms with E-state index >= 15 is 0 Å². The Labute approximate surface area is 85.5 Å². The highest BCUT2D eigenvalue weighted by Gasteiger charge is 2.27. The van der Waals surface area contributed by atoms with E-state index in [1.807, 2.05) is 0 Å². The lowest BCUT2D eigenvalue weighted by Gasteiger charge is -2.08. The Bertz CT molecular complexity index is 376. The molecular formula is C9H8ClNO3. The topological polar surface area (TPSA) is 59.4 Å². The van der Waals surface area contributed by atoms with Crippen LogP contribution in [-0.4, -0.2) is 22.2 Å². The molecule has 1 aromatic rings. The zero-order valence-electron chi connectivity index (χ0n) is 7.24. The van der Waals surface area contributed by atoms with Gasteiger partial charge in [-0.1, -0.05) is 11.6 Å². The highest BCUT2D eigenvalue weighted by molar-refractivity contribution is 6.32. The molecule has 1 aromatic heterocycles. The van der Waals surface area contributed by atoms with Gasteiger partial charge >= 0.3 is 5.97 Å². The van der Waals surface area contributed by atoms with Crippen LogP contribution < -0.4 is 4.74 Å². The van der Waals surface area contributed by atoms with Crippen molar-refractivity contribution in [2.75, 3.05) is 0 Å². The summed E-state index contributed by atoms with van der Waals surface area (Å²) < 4.78 is 5.40. The fourth-order valence-electron chi connectivity index (χ4n) is 1.05. The molecule has 1 saturated carbocycles. The van der Waals surface area contributed by atoms with Crippen molar-refractivity contribution < 1.29 is 14.6 Å². The van der Waals surface area contributed by atoms with Crippen molar-refractivity contribution in [3.8, 4) is 5.75 Å². The summed E-state index contributed by atoms with van der Waals surface area (Å²) in [6.07, 6.45) is 4.65. The number of carboxylic acids is 1. The van der Waals surface area contributed by atoms with Crippen LogP contribution in [0.2, 0.25) is 5.02 Å². The largest absolute Gasteiger partial charge is 0.488 e. The molecule has 0 amide bonds. The van der Waals surface area contributed by atoms with Gasteiger partial charge in [0.1, 0.15) is 10.6 Å². The molecule has 0 aliphatic heterocycles. The van der Waals surface area contributed by atoms with E-state index < -0.39 is 5.97 Å². The lowest BCUT2D eigenvalue weighted by Crippen LogP contribution is -2.05. The molecule has 0 bridgehead atoms. The maximum absolute atomic E-state index is 10.8. The molecule has 1 aliphatic carbocycles. The Hall–Kier alpha value is -1.29. The molecule has 2 rings (SSSR count). The highest BCUT2D eigenvalue weighted by atomic mass is 35.5. The molecule has 14 heavy (non-hydrogen) atoms. The Morgan fingerprint density at radius 3 is 2.86 bits per heavy atom. The van der Waals surface area contributed by atoms with Crippen molar-refractivity contribution in [2.24, 2.45) is 0 Å². The van der Waals surface area contributed by atoms with Gasteiger partial charge in [0.15, 0.2) is 5.75 Å². The minimum absolute atomic E-state index is 0.0180. The second kappa shape index (κ2) is 3.46. The second-order valence-corrected chi connectivity index (χ2v) is 3.53. The molecular weight excluding hydrogens is 206 g/mol. The summed E-state index contributed by atoms with van der Waals surface area (Å²) in [5, 5.41) is 9.09. The van der Waals surface area contributed by atoms with Crippen molar-refractivity contribution in [1.82, 2.24) is 4.98 Å². The molecule has 5 heteroatoms. The number of pyridine rings is 1. The second-order valence-electron chi connectivity index (χ2n) is 3.12. The smallest absolute Gasteiger partial charge is 0.341 e. The van der Waals surface area contributed by atoms with E-state index in [-0.39, 0.29) is 22.4 Å². The fraction of sp³-hybridized carbons (Fsp3) is 0.333. The van der Waals surface area contributed by atoms with Gasteiger partial charge in [0.05, 0.1) is 6.10 Å². The normalized spacial score (nSPS) is 15.2. The van der Waals surface area contributed by atoms with Gasteiger partial charge in [0.2, 0.25) is 0 Å². The summed E-state index contributed by atoms with van der Waals surface area (Å²) in [6.45, 7) is 0. The first-order valence-electron chi connectivity index (χ1n) is 4.22. The molecule has 0 saturated heterocycles. The third kappa shape index (κ3) is 1.80. The summed E-state index contributed by atoms with van der Waals surface area (Å²) in [7, 11) is 0. The molecule has 74 valence electrons. The average molecular weight is 214 g/mol. The van der Waals surface area contributed by atoms with Crippen molar-refractivity contribution >= 4 is 17.6 Å². The quantitative estimate of drug-likeness (QED) is 0.834. The fourth-order valence-corrected chi connectivity index (χ4v) is 1.25. The van der Waals surface area contributed by atoms with E-state index in [0.29, 0.717) is 0 Å². The first-order valence-corrected chi connectivity index (χ1v) is 4.59. The lowest BCUT2D eigenvalue weighted by molar-refractivity contribution is 0.0691. The Morgan fingerprint density at radius 1 is 1.57 bits per heavy atom. The number of aromatic nitrogens is 1. The maximum Gasteiger partial charge on any atom is 0.341 e. The van der Waals surface area contributed by atoms with E-state index in [2.05, 4.69) is 4.98 Å². The van der Waals surface area contributed by atoms with Crippen LogP contribution in [0.3, 0.4) is 0 Å². The summed E-state index contributed by atoms with van der Waals surface area (Å²) >= 11 is 5.79. The monoisotopic (exact) mass is 213 g/mol. The number of ether oxygens (including phenoxy) is 1. The van der Waals surface area contributed by atoms with Crippen LogP contribution in [0.4, 0.5) is 0 Å². The van der Waals surface area contributed by atoms with Crippen molar-refractivity contribution in [1.29, 1.82) is 0 Å². The molecule has 0 atom stereocenters. The first kappa shape index (κ1) is 9.27. The summed E-state index contributed by atoms with van der Waals surface area (Å²) in [5.74, 6) is -0.840. The zero-order chi connectivity index (χ0) is 10.1. The van der Waals surface area contributed by atoms with E-state index in [1.165, 1.54) is 12.4 Å². The van der Waals surface area contributed by atoms with Crippen molar-refractivity contribution in [2.45, 2.75) is 18.9 Å². The van der Waals surface area contributed by atoms with Gasteiger partial charge < -0.3 is 9.84 Å². The van der Waals surface area contributed by atoms with Gasteiger partial charge in [-0.05, 0) is 12.8 Å². The summed E-state index contributed by atoms with van der Waals surface area (Å²) in [5.41, 5.74) is 0.0180. The molecule has 0 radical (unpaired) electrons. The summed E-state index contributed by atoms with van der Waals surface area (Å²) in [4.78, 5) is 14.5. The number of carboxylic acid groups (broad SMARTS) is 1. The third-order valence-corrected chi connectivity index (χ3v) is 2.16. The van der Waals surface area contributed by atoms with Gasteiger partial charge in [-0.2, -0.15) is 0 Å². The van der Waals surface area contributed by atoms with Crippen LogP contribution in [0.1, 0.15) is 23.2 Å². The number of hydrogen-bond acceptors (Lipinski definition) is 3. The molecule has 0 spiro atoms. The highest BCUT2D eigenvalue weighted by Crippen LogP contribution is 2.33. The molecule has 1 fully saturated rings. The van der Waals surface area contributed by atoms with E-state index in [1.54, 1.807) is 0 Å². The van der Waals surface area contributed by atoms with Gasteiger partial charge in [-0.15, -0.1) is 0 Å². The van der Waals surface area contributed by atoms with Gasteiger partial charge in [-0.3, -0.25) is 4.98 Å². The third-order valence-electron chi connectivity index (χ3n) is 1.89. The molecule has 0 aromatic carbocycles. The van der Waals surface area contributed by atoms with Crippen LogP contribution >= 0.6 is 11.6 Å². The summed E-state index contributed by atoms with van der Waals surface area (Å²) in [6, 6.07) is 0. The van der Waals surface area contributed by atoms with Gasteiger partial charge in [0.25, 0.3) is 0 Å². The van der Waals surface area contributed by atoms with Crippen LogP contribution in [0, 0.1) is 0 Å². The maximum atomic E-state index is 10.8. The number of hydrogen-bond donors (Lipinski definition) is 1. The predicted molar refractivity (Wildman–Crippen MR) is 49.9 cm³/mol. The van der Waals surface area contributed by atoms with E-state index in [0.717, 1.165) is 12.8 Å². The van der Waals surface area contributed by atoms with Crippen LogP contribution in [-0.2, 0) is 0 Å². The first-order chi connectivity index (χ1) is 6.68. The zero-order valence-corrected chi connectivity index (χ0v) is 7.99. The van der Waals surface area contributed by atoms with Gasteiger partial charge in [-0.25, -0.2) is 4.79 Å². The molecule has 1 heterocycles. The predicted octanol–water partition coefficient (Wildman–Crippen LogP) is 1.97. The number of rotatable bonds is 3. The lowest BCUT2D eigenvalue weighted by atomic mass is 10.2. The Morgan fingerprint density at radius 2 is 2.29 bits per heavy atom. The van der Waals surface area contributed by atoms with E-state index in [9.17, 15) is 4.79 Å². The number of aromatic carboxylic acids is 1. The Kier molecular flexibility index (Phi) is 2.29. The van der Waals surface area contributed by atoms with Gasteiger partial charge in [0, 0.05) is 12.4 Å². The molecule has 4 nitrogen and oxygen atoms in total. The minimum atomic E-state index is -1.07. The van der Waals surface area contributed by atoms with Crippen LogP contribution in [0.15, 0.2) is 12.4 Å². The molecule has 0 unspecified atom stereocenters. The number of carbonyl (C=O) groups is 1. The number of nitrogens with zero attached hydrogens (tertiary/aromatic N) is 1. The standard InChI is InChI=1S/C9H8ClNO3/c10-7-4-11-3-6(9(12)13)8(7)14-5-1-2-5/h3-5H,1-2H2,(H,12,13). The SMILES string of the molecule is O=C(O)c1cncc(Cl)c1OC1CC1. The van der Waals surface area contributed by atoms with Crippen LogP contribution in [0.5, 0.6) is 5.75 Å². The van der Waals surface area contributed by atoms with Crippen molar-refractivity contribution in [3.05, 3.63) is 23.0 Å². The average Bonchev–Trinajstić information content (AvgIpc) is 2.91. The van der Waals surface area contributed by atoms with Crippen molar-refractivity contribution in [3.63, 3.8) is 0 Å². The minimum Gasteiger partial charge on any atom is -0.488 e.